The van der Waals surface area contributed by atoms with Gasteiger partial charge in [-0.25, -0.2) is 18.7 Å². The molecule has 0 aliphatic rings. The standard InChI is InChI=1S/C23H17F2N3OS2/c1-14-3-5-16(6-4-14)20-13-30-22(27-20)10-8-18-12-31-23(26-18)28(15(2)29)21-9-7-17(24)11-19(21)25/h3-13H,1-2H3/b10-8+. The molecular weight excluding hydrogens is 436 g/mol. The molecule has 156 valence electrons. The highest BCUT2D eigenvalue weighted by Crippen LogP contribution is 2.32. The van der Waals surface area contributed by atoms with Gasteiger partial charge in [-0.1, -0.05) is 29.8 Å². The van der Waals surface area contributed by atoms with E-state index in [2.05, 4.69) is 9.97 Å². The van der Waals surface area contributed by atoms with Crippen LogP contribution in [0.15, 0.2) is 53.2 Å². The van der Waals surface area contributed by atoms with Crippen molar-refractivity contribution >= 4 is 51.6 Å². The summed E-state index contributed by atoms with van der Waals surface area (Å²) >= 11 is 2.71. The molecule has 0 atom stereocenters. The first-order chi connectivity index (χ1) is 14.9. The van der Waals surface area contributed by atoms with Crippen LogP contribution in [0.2, 0.25) is 0 Å². The molecule has 8 heteroatoms. The number of halogens is 2. The quantitative estimate of drug-likeness (QED) is 0.337. The van der Waals surface area contributed by atoms with Crippen molar-refractivity contribution in [3.63, 3.8) is 0 Å². The van der Waals surface area contributed by atoms with Gasteiger partial charge in [0.2, 0.25) is 5.91 Å². The fraction of sp³-hybridized carbons (Fsp3) is 0.0870. The van der Waals surface area contributed by atoms with E-state index in [1.807, 2.05) is 42.6 Å². The molecule has 4 nitrogen and oxygen atoms in total. The molecular formula is C23H17F2N3OS2. The van der Waals surface area contributed by atoms with Crippen molar-refractivity contribution in [1.29, 1.82) is 0 Å². The van der Waals surface area contributed by atoms with E-state index < -0.39 is 17.5 Å². The predicted molar refractivity (Wildman–Crippen MR) is 123 cm³/mol. The van der Waals surface area contributed by atoms with Crippen LogP contribution in [-0.4, -0.2) is 15.9 Å². The number of aromatic nitrogens is 2. The normalized spacial score (nSPS) is 11.2. The van der Waals surface area contributed by atoms with Gasteiger partial charge in [0.05, 0.1) is 17.1 Å². The van der Waals surface area contributed by atoms with Crippen LogP contribution in [0.5, 0.6) is 0 Å². The summed E-state index contributed by atoms with van der Waals surface area (Å²) in [5, 5.41) is 4.87. The Morgan fingerprint density at radius 3 is 2.48 bits per heavy atom. The number of thiazole rings is 2. The Hall–Kier alpha value is -3.23. The van der Waals surface area contributed by atoms with Crippen molar-refractivity contribution in [2.45, 2.75) is 13.8 Å². The first-order valence-electron chi connectivity index (χ1n) is 9.32. The smallest absolute Gasteiger partial charge is 0.230 e. The van der Waals surface area contributed by atoms with Crippen LogP contribution in [0.1, 0.15) is 23.2 Å². The maximum absolute atomic E-state index is 14.2. The third-order valence-corrected chi connectivity index (χ3v) is 6.09. The Kier molecular flexibility index (Phi) is 6.01. The molecule has 0 aliphatic carbocycles. The maximum atomic E-state index is 14.2. The van der Waals surface area contributed by atoms with E-state index in [1.54, 1.807) is 11.5 Å². The number of carbonyl (C=O) groups is 1. The zero-order valence-electron chi connectivity index (χ0n) is 16.7. The molecule has 31 heavy (non-hydrogen) atoms. The molecule has 0 N–H and O–H groups in total. The number of hydrogen-bond donors (Lipinski definition) is 0. The van der Waals surface area contributed by atoms with Crippen LogP contribution in [0.25, 0.3) is 23.4 Å². The minimum absolute atomic E-state index is 0.0403. The molecule has 4 rings (SSSR count). The number of amides is 1. The number of anilines is 2. The van der Waals surface area contributed by atoms with E-state index in [0.29, 0.717) is 10.8 Å². The van der Waals surface area contributed by atoms with Crippen LogP contribution in [0.3, 0.4) is 0 Å². The van der Waals surface area contributed by atoms with Gasteiger partial charge in [-0.3, -0.25) is 9.69 Å². The molecule has 1 amide bonds. The van der Waals surface area contributed by atoms with Gasteiger partial charge in [0.15, 0.2) is 5.13 Å². The minimum Gasteiger partial charge on any atom is -0.274 e. The van der Waals surface area contributed by atoms with Crippen molar-refractivity contribution in [2.24, 2.45) is 0 Å². The fourth-order valence-electron chi connectivity index (χ4n) is 2.90. The van der Waals surface area contributed by atoms with Crippen LogP contribution < -0.4 is 4.90 Å². The topological polar surface area (TPSA) is 46.1 Å². The molecule has 0 bridgehead atoms. The number of hydrogen-bond acceptors (Lipinski definition) is 5. The third-order valence-electron chi connectivity index (χ3n) is 4.43. The Morgan fingerprint density at radius 1 is 1.00 bits per heavy atom. The monoisotopic (exact) mass is 453 g/mol. The van der Waals surface area contributed by atoms with Gasteiger partial charge < -0.3 is 0 Å². The number of nitrogens with zero attached hydrogens (tertiary/aromatic N) is 3. The molecule has 0 aliphatic heterocycles. The molecule has 0 fully saturated rings. The van der Waals surface area contributed by atoms with Gasteiger partial charge in [-0.05, 0) is 31.2 Å². The van der Waals surface area contributed by atoms with Crippen molar-refractivity contribution in [2.75, 3.05) is 4.90 Å². The lowest BCUT2D eigenvalue weighted by Crippen LogP contribution is -2.23. The molecule has 2 aromatic carbocycles. The van der Waals surface area contributed by atoms with Crippen molar-refractivity contribution in [3.8, 4) is 11.3 Å². The largest absolute Gasteiger partial charge is 0.274 e. The first-order valence-corrected chi connectivity index (χ1v) is 11.1. The highest BCUT2D eigenvalue weighted by Gasteiger charge is 2.21. The minimum atomic E-state index is -0.825. The Balaban J connectivity index is 1.55. The Labute approximate surface area is 186 Å². The molecule has 0 unspecified atom stereocenters. The van der Waals surface area contributed by atoms with E-state index in [4.69, 9.17) is 0 Å². The van der Waals surface area contributed by atoms with E-state index in [0.717, 1.165) is 33.3 Å². The van der Waals surface area contributed by atoms with E-state index in [1.165, 1.54) is 41.2 Å². The van der Waals surface area contributed by atoms with Gasteiger partial charge in [-0.2, -0.15) is 0 Å². The first kappa shape index (κ1) is 21.0. The van der Waals surface area contributed by atoms with Crippen LogP contribution in [-0.2, 0) is 4.79 Å². The van der Waals surface area contributed by atoms with Gasteiger partial charge in [-0.15, -0.1) is 22.7 Å². The second-order valence-corrected chi connectivity index (χ2v) is 8.50. The van der Waals surface area contributed by atoms with E-state index in [-0.39, 0.29) is 5.69 Å². The van der Waals surface area contributed by atoms with Crippen LogP contribution in [0, 0.1) is 18.6 Å². The van der Waals surface area contributed by atoms with Gasteiger partial charge in [0.25, 0.3) is 0 Å². The fourth-order valence-corrected chi connectivity index (χ4v) is 4.47. The van der Waals surface area contributed by atoms with E-state index >= 15 is 0 Å². The summed E-state index contributed by atoms with van der Waals surface area (Å²) in [6, 6.07) is 11.2. The van der Waals surface area contributed by atoms with Gasteiger partial charge in [0, 0.05) is 29.3 Å². The molecule has 4 aromatic rings. The number of carbonyl (C=O) groups excluding carboxylic acids is 1. The lowest BCUT2D eigenvalue weighted by molar-refractivity contribution is -0.115. The highest BCUT2D eigenvalue weighted by molar-refractivity contribution is 7.14. The second kappa shape index (κ2) is 8.87. The summed E-state index contributed by atoms with van der Waals surface area (Å²) in [5.74, 6) is -1.95. The Morgan fingerprint density at radius 2 is 1.77 bits per heavy atom. The van der Waals surface area contributed by atoms with Crippen LogP contribution >= 0.6 is 22.7 Å². The van der Waals surface area contributed by atoms with Crippen LogP contribution in [0.4, 0.5) is 19.6 Å². The average molecular weight is 454 g/mol. The average Bonchev–Trinajstić information content (AvgIpc) is 3.38. The molecule has 0 saturated carbocycles. The predicted octanol–water partition coefficient (Wildman–Crippen LogP) is 6.71. The summed E-state index contributed by atoms with van der Waals surface area (Å²) in [5.41, 5.74) is 3.72. The zero-order valence-corrected chi connectivity index (χ0v) is 18.3. The van der Waals surface area contributed by atoms with Gasteiger partial charge in [0.1, 0.15) is 16.6 Å². The number of benzene rings is 2. The van der Waals surface area contributed by atoms with Gasteiger partial charge >= 0.3 is 0 Å². The molecule has 0 spiro atoms. The number of aryl methyl sites for hydroxylation is 1. The highest BCUT2D eigenvalue weighted by atomic mass is 32.1. The van der Waals surface area contributed by atoms with E-state index in [9.17, 15) is 13.6 Å². The summed E-state index contributed by atoms with van der Waals surface area (Å²) < 4.78 is 27.4. The van der Waals surface area contributed by atoms with Crippen molar-refractivity contribution in [3.05, 3.63) is 81.1 Å². The molecule has 2 aromatic heterocycles. The second-order valence-electron chi connectivity index (χ2n) is 6.78. The maximum Gasteiger partial charge on any atom is 0.230 e. The summed E-state index contributed by atoms with van der Waals surface area (Å²) in [4.78, 5) is 22.3. The summed E-state index contributed by atoms with van der Waals surface area (Å²) in [7, 11) is 0. The SMILES string of the molecule is CC(=O)N(c1nc(/C=C/c2nc(-c3ccc(C)cc3)cs2)cs1)c1ccc(F)cc1F. The zero-order chi connectivity index (χ0) is 22.0. The number of rotatable bonds is 5. The third kappa shape index (κ3) is 4.76. The summed E-state index contributed by atoms with van der Waals surface area (Å²) in [6.07, 6.45) is 3.63. The Bertz CT molecular complexity index is 1260. The van der Waals surface area contributed by atoms with Crippen molar-refractivity contribution < 1.29 is 13.6 Å². The lowest BCUT2D eigenvalue weighted by Gasteiger charge is -2.18. The molecule has 2 heterocycles. The lowest BCUT2D eigenvalue weighted by atomic mass is 10.1. The summed E-state index contributed by atoms with van der Waals surface area (Å²) in [6.45, 7) is 3.35. The van der Waals surface area contributed by atoms with Crippen molar-refractivity contribution in [1.82, 2.24) is 9.97 Å². The molecule has 0 radical (unpaired) electrons. The molecule has 0 saturated heterocycles.